The van der Waals surface area contributed by atoms with Crippen LogP contribution in [0.1, 0.15) is 12.7 Å². The van der Waals surface area contributed by atoms with Crippen molar-refractivity contribution in [1.29, 1.82) is 0 Å². The summed E-state index contributed by atoms with van der Waals surface area (Å²) < 4.78 is 29.2. The quantitative estimate of drug-likeness (QED) is 0.862. The van der Waals surface area contributed by atoms with E-state index in [9.17, 15) is 8.42 Å². The SMILES string of the molecule is CNC(C)Cc1noc(-c2ccc(Br)c(S(C)(=O)=O)c2)n1. The van der Waals surface area contributed by atoms with Crippen LogP contribution >= 0.6 is 15.9 Å². The third kappa shape index (κ3) is 3.90. The minimum atomic E-state index is -3.33. The van der Waals surface area contributed by atoms with Gasteiger partial charge in [0.1, 0.15) is 0 Å². The summed E-state index contributed by atoms with van der Waals surface area (Å²) >= 11 is 3.23. The molecule has 1 unspecified atom stereocenters. The molecule has 2 rings (SSSR count). The molecule has 21 heavy (non-hydrogen) atoms. The molecule has 2 aromatic rings. The van der Waals surface area contributed by atoms with Gasteiger partial charge in [0.2, 0.25) is 0 Å². The molecular weight excluding hydrogens is 358 g/mol. The van der Waals surface area contributed by atoms with Crippen molar-refractivity contribution in [3.05, 3.63) is 28.5 Å². The fraction of sp³-hybridized carbons (Fsp3) is 0.385. The molecule has 0 saturated heterocycles. The molecule has 8 heteroatoms. The topological polar surface area (TPSA) is 85.1 Å². The Balaban J connectivity index is 2.35. The van der Waals surface area contributed by atoms with Crippen molar-refractivity contribution in [2.75, 3.05) is 13.3 Å². The molecule has 6 nitrogen and oxygen atoms in total. The summed E-state index contributed by atoms with van der Waals surface area (Å²) in [6.07, 6.45) is 1.79. The Kier molecular flexibility index (Phi) is 4.80. The zero-order chi connectivity index (χ0) is 15.6. The summed E-state index contributed by atoms with van der Waals surface area (Å²) in [5.41, 5.74) is 0.578. The largest absolute Gasteiger partial charge is 0.334 e. The van der Waals surface area contributed by atoms with Crippen molar-refractivity contribution in [1.82, 2.24) is 15.5 Å². The molecule has 0 aliphatic carbocycles. The van der Waals surface area contributed by atoms with Crippen LogP contribution in [0.2, 0.25) is 0 Å². The Morgan fingerprint density at radius 3 is 2.76 bits per heavy atom. The highest BCUT2D eigenvalue weighted by atomic mass is 79.9. The van der Waals surface area contributed by atoms with Crippen LogP contribution in [0.5, 0.6) is 0 Å². The second-order valence-electron chi connectivity index (χ2n) is 4.83. The monoisotopic (exact) mass is 373 g/mol. The number of nitrogens with one attached hydrogen (secondary N) is 1. The van der Waals surface area contributed by atoms with Crippen LogP contribution in [-0.2, 0) is 16.3 Å². The van der Waals surface area contributed by atoms with Gasteiger partial charge in [-0.1, -0.05) is 5.16 Å². The van der Waals surface area contributed by atoms with Crippen molar-refractivity contribution < 1.29 is 12.9 Å². The van der Waals surface area contributed by atoms with E-state index in [-0.39, 0.29) is 10.9 Å². The molecule has 1 atom stereocenters. The predicted octanol–water partition coefficient (Wildman–Crippen LogP) is 2.05. The van der Waals surface area contributed by atoms with Gasteiger partial charge in [0.15, 0.2) is 15.7 Å². The predicted molar refractivity (Wildman–Crippen MR) is 82.8 cm³/mol. The average Bonchev–Trinajstić information content (AvgIpc) is 2.86. The maximum absolute atomic E-state index is 11.7. The van der Waals surface area contributed by atoms with Crippen LogP contribution in [0, 0.1) is 0 Å². The Labute approximate surface area is 132 Å². The van der Waals surface area contributed by atoms with Gasteiger partial charge in [-0.25, -0.2) is 8.42 Å². The molecule has 0 bridgehead atoms. The molecule has 1 aromatic heterocycles. The molecule has 114 valence electrons. The van der Waals surface area contributed by atoms with Crippen LogP contribution in [0.3, 0.4) is 0 Å². The number of nitrogens with zero attached hydrogens (tertiary/aromatic N) is 2. The van der Waals surface area contributed by atoms with Crippen LogP contribution in [-0.4, -0.2) is 37.9 Å². The van der Waals surface area contributed by atoms with E-state index in [1.807, 2.05) is 14.0 Å². The number of rotatable bonds is 5. The Bertz CT molecular complexity index is 743. The molecule has 1 N–H and O–H groups in total. The van der Waals surface area contributed by atoms with Crippen molar-refractivity contribution in [3.63, 3.8) is 0 Å². The van der Waals surface area contributed by atoms with Gasteiger partial charge in [0, 0.05) is 28.8 Å². The van der Waals surface area contributed by atoms with Crippen molar-refractivity contribution in [2.24, 2.45) is 0 Å². The van der Waals surface area contributed by atoms with Gasteiger partial charge in [-0.2, -0.15) is 4.98 Å². The van der Waals surface area contributed by atoms with E-state index in [1.54, 1.807) is 12.1 Å². The summed E-state index contributed by atoms with van der Waals surface area (Å²) in [6.45, 7) is 2.01. The molecule has 0 aliphatic rings. The third-order valence-electron chi connectivity index (χ3n) is 3.03. The number of aromatic nitrogens is 2. The Morgan fingerprint density at radius 2 is 2.14 bits per heavy atom. The number of sulfone groups is 1. The molecule has 0 saturated carbocycles. The molecule has 0 amide bonds. The maximum atomic E-state index is 11.7. The summed E-state index contributed by atoms with van der Waals surface area (Å²) in [5, 5.41) is 7.00. The highest BCUT2D eigenvalue weighted by molar-refractivity contribution is 9.10. The fourth-order valence-corrected chi connectivity index (χ4v) is 3.64. The van der Waals surface area contributed by atoms with E-state index in [2.05, 4.69) is 31.4 Å². The van der Waals surface area contributed by atoms with Gasteiger partial charge in [-0.3, -0.25) is 0 Å². The summed E-state index contributed by atoms with van der Waals surface area (Å²) in [5.74, 6) is 0.890. The van der Waals surface area contributed by atoms with Gasteiger partial charge in [0.25, 0.3) is 5.89 Å². The zero-order valence-electron chi connectivity index (χ0n) is 11.9. The minimum absolute atomic E-state index is 0.198. The highest BCUT2D eigenvalue weighted by Crippen LogP contribution is 2.27. The first-order chi connectivity index (χ1) is 9.81. The maximum Gasteiger partial charge on any atom is 0.257 e. The zero-order valence-corrected chi connectivity index (χ0v) is 14.3. The van der Waals surface area contributed by atoms with Crippen LogP contribution in [0.4, 0.5) is 0 Å². The smallest absolute Gasteiger partial charge is 0.257 e. The first kappa shape index (κ1) is 16.1. The highest BCUT2D eigenvalue weighted by Gasteiger charge is 2.16. The molecule has 1 heterocycles. The minimum Gasteiger partial charge on any atom is -0.334 e. The van der Waals surface area contributed by atoms with E-state index < -0.39 is 9.84 Å². The molecule has 0 aliphatic heterocycles. The number of likely N-dealkylation sites (N-methyl/N-ethyl adjacent to an activating group) is 1. The number of hydrogen-bond donors (Lipinski definition) is 1. The first-order valence-corrected chi connectivity index (χ1v) is 8.99. The van der Waals surface area contributed by atoms with Gasteiger partial charge in [0.05, 0.1) is 4.90 Å². The van der Waals surface area contributed by atoms with Gasteiger partial charge < -0.3 is 9.84 Å². The number of halogens is 1. The van der Waals surface area contributed by atoms with E-state index in [4.69, 9.17) is 4.52 Å². The summed E-state index contributed by atoms with van der Waals surface area (Å²) in [7, 11) is -1.47. The normalized spacial score (nSPS) is 13.3. The molecule has 0 radical (unpaired) electrons. The van der Waals surface area contributed by atoms with E-state index >= 15 is 0 Å². The number of benzene rings is 1. The lowest BCUT2D eigenvalue weighted by molar-refractivity contribution is 0.418. The van der Waals surface area contributed by atoms with Crippen LogP contribution in [0.15, 0.2) is 32.1 Å². The lowest BCUT2D eigenvalue weighted by atomic mass is 10.2. The lowest BCUT2D eigenvalue weighted by Crippen LogP contribution is -2.24. The number of hydrogen-bond acceptors (Lipinski definition) is 6. The average molecular weight is 374 g/mol. The summed E-state index contributed by atoms with van der Waals surface area (Å²) in [4.78, 5) is 4.49. The molecular formula is C13H16BrN3O3S. The lowest BCUT2D eigenvalue weighted by Gasteiger charge is -2.05. The molecule has 1 aromatic carbocycles. The van der Waals surface area contributed by atoms with Gasteiger partial charge in [-0.15, -0.1) is 0 Å². The standard InChI is InChI=1S/C13H16BrN3O3S/c1-8(15-2)6-12-16-13(20-17-12)9-4-5-10(14)11(7-9)21(3,18)19/h4-5,7-8,15H,6H2,1-3H3. The van der Waals surface area contributed by atoms with E-state index in [1.165, 1.54) is 6.07 Å². The fourth-order valence-electron chi connectivity index (χ4n) is 1.75. The molecule has 0 spiro atoms. The van der Waals surface area contributed by atoms with Crippen LogP contribution < -0.4 is 5.32 Å². The second kappa shape index (κ2) is 6.25. The van der Waals surface area contributed by atoms with Crippen LogP contribution in [0.25, 0.3) is 11.5 Å². The van der Waals surface area contributed by atoms with Crippen molar-refractivity contribution in [2.45, 2.75) is 24.3 Å². The van der Waals surface area contributed by atoms with Crippen molar-refractivity contribution in [3.8, 4) is 11.5 Å². The van der Waals surface area contributed by atoms with E-state index in [0.717, 1.165) is 6.26 Å². The van der Waals surface area contributed by atoms with E-state index in [0.29, 0.717) is 28.2 Å². The van der Waals surface area contributed by atoms with Gasteiger partial charge in [-0.05, 0) is 48.1 Å². The Hall–Kier alpha value is -1.25. The third-order valence-corrected chi connectivity index (χ3v) is 5.12. The van der Waals surface area contributed by atoms with Gasteiger partial charge >= 0.3 is 0 Å². The Morgan fingerprint density at radius 1 is 1.43 bits per heavy atom. The first-order valence-electron chi connectivity index (χ1n) is 6.31. The molecule has 0 fully saturated rings. The van der Waals surface area contributed by atoms with Crippen molar-refractivity contribution >= 4 is 25.8 Å². The second-order valence-corrected chi connectivity index (χ2v) is 7.67. The summed E-state index contributed by atoms with van der Waals surface area (Å²) in [6, 6.07) is 5.15.